The van der Waals surface area contributed by atoms with Crippen molar-refractivity contribution in [2.24, 2.45) is 0 Å². The van der Waals surface area contributed by atoms with Gasteiger partial charge >= 0.3 is 17.9 Å². The van der Waals surface area contributed by atoms with Crippen LogP contribution in [-0.2, 0) is 28.6 Å². The molecule has 0 aliphatic heterocycles. The van der Waals surface area contributed by atoms with E-state index in [9.17, 15) is 14.4 Å². The highest BCUT2D eigenvalue weighted by Crippen LogP contribution is 2.19. The highest BCUT2D eigenvalue weighted by molar-refractivity contribution is 5.71. The number of hydrogen-bond donors (Lipinski definition) is 0. The molecule has 0 bridgehead atoms. The maximum atomic E-state index is 12.9. The van der Waals surface area contributed by atoms with E-state index in [1.807, 2.05) is 0 Å². The van der Waals surface area contributed by atoms with Crippen LogP contribution in [-0.4, -0.2) is 37.2 Å². The van der Waals surface area contributed by atoms with Crippen LogP contribution < -0.4 is 0 Å². The van der Waals surface area contributed by atoms with Gasteiger partial charge in [0.05, 0.1) is 0 Å². The lowest BCUT2D eigenvalue weighted by Gasteiger charge is -2.18. The van der Waals surface area contributed by atoms with Gasteiger partial charge < -0.3 is 14.2 Å². The molecule has 0 aliphatic rings. The first-order valence-corrected chi connectivity index (χ1v) is 35.1. The fourth-order valence-electron chi connectivity index (χ4n) is 10.6. The first-order chi connectivity index (χ1) is 39.0. The normalized spacial score (nSPS) is 12.3. The largest absolute Gasteiger partial charge is 0.462 e. The summed E-state index contributed by atoms with van der Waals surface area (Å²) in [5.74, 6) is -0.875. The van der Waals surface area contributed by atoms with Crippen molar-refractivity contribution < 1.29 is 28.6 Å². The molecule has 0 aromatic rings. The van der Waals surface area contributed by atoms with Gasteiger partial charge in [-0.3, -0.25) is 14.4 Å². The maximum Gasteiger partial charge on any atom is 0.306 e. The first kappa shape index (κ1) is 76.4. The molecule has 79 heavy (non-hydrogen) atoms. The maximum absolute atomic E-state index is 12.9. The molecule has 0 N–H and O–H groups in total. The lowest BCUT2D eigenvalue weighted by Crippen LogP contribution is -2.30. The Kier molecular flexibility index (Phi) is 65.6. The number of esters is 3. The van der Waals surface area contributed by atoms with Crippen LogP contribution in [0.1, 0.15) is 380 Å². The van der Waals surface area contributed by atoms with Crippen LogP contribution in [0, 0.1) is 0 Å². The molecule has 0 saturated carbocycles. The molecule has 0 spiro atoms. The molecule has 462 valence electrons. The van der Waals surface area contributed by atoms with E-state index < -0.39 is 6.10 Å². The highest BCUT2D eigenvalue weighted by atomic mass is 16.6. The molecule has 0 rings (SSSR count). The third kappa shape index (κ3) is 66.1. The molecule has 0 aliphatic carbocycles. The molecular weight excluding hydrogens is 973 g/mol. The minimum Gasteiger partial charge on any atom is -0.462 e. The predicted molar refractivity (Wildman–Crippen MR) is 344 cm³/mol. The number of rotatable bonds is 65. The van der Waals surface area contributed by atoms with E-state index in [0.29, 0.717) is 19.3 Å². The van der Waals surface area contributed by atoms with Crippen molar-refractivity contribution in [3.8, 4) is 0 Å². The fraction of sp³-hybridized carbons (Fsp3) is 0.849. The molecule has 0 aromatic heterocycles. The number of carbonyl (C=O) groups excluding carboxylic acids is 3. The second kappa shape index (κ2) is 67.9. The summed E-state index contributed by atoms with van der Waals surface area (Å²) in [6, 6.07) is 0. The zero-order valence-electron chi connectivity index (χ0n) is 53.2. The van der Waals surface area contributed by atoms with Crippen LogP contribution >= 0.6 is 0 Å². The van der Waals surface area contributed by atoms with E-state index in [2.05, 4.69) is 69.4 Å². The van der Waals surface area contributed by atoms with Crippen LogP contribution in [0.4, 0.5) is 0 Å². The van der Waals surface area contributed by atoms with E-state index in [-0.39, 0.29) is 31.1 Å². The molecule has 1 unspecified atom stereocenters. The van der Waals surface area contributed by atoms with Crippen LogP contribution in [0.15, 0.2) is 48.6 Å². The first-order valence-electron chi connectivity index (χ1n) is 35.1. The summed E-state index contributed by atoms with van der Waals surface area (Å²) >= 11 is 0. The summed E-state index contributed by atoms with van der Waals surface area (Å²) in [6.45, 7) is 6.55. The summed E-state index contributed by atoms with van der Waals surface area (Å²) in [4.78, 5) is 38.3. The van der Waals surface area contributed by atoms with Gasteiger partial charge in [0.15, 0.2) is 6.10 Å². The average Bonchev–Trinajstić information content (AvgIpc) is 3.45. The number of allylic oxidation sites excluding steroid dienone is 8. The van der Waals surface area contributed by atoms with Gasteiger partial charge in [-0.05, 0) is 77.0 Å². The average molecular weight is 1110 g/mol. The lowest BCUT2D eigenvalue weighted by atomic mass is 10.0. The van der Waals surface area contributed by atoms with Gasteiger partial charge in [-0.1, -0.05) is 333 Å². The van der Waals surface area contributed by atoms with Gasteiger partial charge in [0, 0.05) is 19.3 Å². The minimum absolute atomic E-state index is 0.0763. The standard InChI is InChI=1S/C73H134O6/c1-4-7-10-13-16-19-22-25-27-29-30-31-32-33-34-35-36-37-38-39-40-41-42-43-45-46-48-51-54-57-60-63-66-72(75)78-69-70(68-77-71(74)65-62-59-56-53-50-24-21-18-15-12-9-6-3)79-73(76)67-64-61-58-55-52-49-47-44-28-26-23-20-17-14-11-8-5-2/h8,11,17-18,20-21,26,28,70H,4-7,9-10,12-16,19,22-25,27,29-69H2,1-3H3/b11-8-,20-17-,21-18-,28-26-. The van der Waals surface area contributed by atoms with Gasteiger partial charge in [0.2, 0.25) is 0 Å². The van der Waals surface area contributed by atoms with Crippen LogP contribution in [0.2, 0.25) is 0 Å². The summed E-state index contributed by atoms with van der Waals surface area (Å²) in [5.41, 5.74) is 0. The Hall–Kier alpha value is -2.63. The zero-order valence-corrected chi connectivity index (χ0v) is 53.2. The smallest absolute Gasteiger partial charge is 0.306 e. The number of hydrogen-bond acceptors (Lipinski definition) is 6. The van der Waals surface area contributed by atoms with Gasteiger partial charge in [-0.25, -0.2) is 0 Å². The highest BCUT2D eigenvalue weighted by Gasteiger charge is 2.19. The SMILES string of the molecule is CC/C=C\C/C=C\C/C=C\CCCCCCCCCC(=O)OC(COC(=O)CCCCCCC/C=C\CCCCC)COC(=O)CCCCCCCCCCCCCCCCCCCCCCCCCCCCCCCCCC. The second-order valence-corrected chi connectivity index (χ2v) is 23.8. The molecule has 0 aromatic carbocycles. The molecule has 0 radical (unpaired) electrons. The third-order valence-corrected chi connectivity index (χ3v) is 15.8. The number of unbranched alkanes of at least 4 members (excludes halogenated alkanes) is 46. The van der Waals surface area contributed by atoms with Gasteiger partial charge in [0.1, 0.15) is 13.2 Å². The third-order valence-electron chi connectivity index (χ3n) is 15.8. The Morgan fingerprint density at radius 3 is 0.810 bits per heavy atom. The van der Waals surface area contributed by atoms with Crippen molar-refractivity contribution in [1.29, 1.82) is 0 Å². The van der Waals surface area contributed by atoms with Crippen molar-refractivity contribution in [3.63, 3.8) is 0 Å². The molecular formula is C73H134O6. The lowest BCUT2D eigenvalue weighted by molar-refractivity contribution is -0.167. The van der Waals surface area contributed by atoms with Crippen molar-refractivity contribution in [2.75, 3.05) is 13.2 Å². The Labute approximate surface area is 492 Å². The number of ether oxygens (including phenoxy) is 3. The Bertz CT molecular complexity index is 1360. The van der Waals surface area contributed by atoms with Gasteiger partial charge in [-0.15, -0.1) is 0 Å². The number of carbonyl (C=O) groups is 3. The summed E-state index contributed by atoms with van der Waals surface area (Å²) < 4.78 is 16.9. The van der Waals surface area contributed by atoms with E-state index >= 15 is 0 Å². The fourth-order valence-corrected chi connectivity index (χ4v) is 10.6. The van der Waals surface area contributed by atoms with Crippen molar-refractivity contribution in [3.05, 3.63) is 48.6 Å². The van der Waals surface area contributed by atoms with E-state index in [1.165, 1.54) is 250 Å². The summed E-state index contributed by atoms with van der Waals surface area (Å²) in [6.07, 6.45) is 85.9. The summed E-state index contributed by atoms with van der Waals surface area (Å²) in [7, 11) is 0. The molecule has 0 amide bonds. The Morgan fingerprint density at radius 2 is 0.494 bits per heavy atom. The van der Waals surface area contributed by atoms with Crippen LogP contribution in [0.5, 0.6) is 0 Å². The molecule has 0 saturated heterocycles. The molecule has 6 heteroatoms. The van der Waals surface area contributed by atoms with Crippen LogP contribution in [0.3, 0.4) is 0 Å². The van der Waals surface area contributed by atoms with Gasteiger partial charge in [-0.2, -0.15) is 0 Å². The van der Waals surface area contributed by atoms with E-state index in [4.69, 9.17) is 14.2 Å². The molecule has 1 atom stereocenters. The molecule has 0 fully saturated rings. The van der Waals surface area contributed by atoms with Gasteiger partial charge in [0.25, 0.3) is 0 Å². The van der Waals surface area contributed by atoms with Crippen molar-refractivity contribution in [1.82, 2.24) is 0 Å². The second-order valence-electron chi connectivity index (χ2n) is 23.8. The Morgan fingerprint density at radius 1 is 0.266 bits per heavy atom. The Balaban J connectivity index is 4.10. The quantitative estimate of drug-likeness (QED) is 0.0261. The zero-order chi connectivity index (χ0) is 57.1. The van der Waals surface area contributed by atoms with Crippen molar-refractivity contribution in [2.45, 2.75) is 386 Å². The minimum atomic E-state index is -0.781. The monoisotopic (exact) mass is 1110 g/mol. The topological polar surface area (TPSA) is 78.9 Å². The molecule has 0 heterocycles. The predicted octanol–water partition coefficient (Wildman–Crippen LogP) is 24.1. The van der Waals surface area contributed by atoms with E-state index in [0.717, 1.165) is 89.9 Å². The van der Waals surface area contributed by atoms with Crippen LogP contribution in [0.25, 0.3) is 0 Å². The molecule has 6 nitrogen and oxygen atoms in total. The van der Waals surface area contributed by atoms with Crippen molar-refractivity contribution >= 4 is 17.9 Å². The van der Waals surface area contributed by atoms with E-state index in [1.54, 1.807) is 0 Å². The summed E-state index contributed by atoms with van der Waals surface area (Å²) in [5, 5.41) is 0.